The van der Waals surface area contributed by atoms with Gasteiger partial charge in [0, 0.05) is 19.0 Å². The minimum absolute atomic E-state index is 0.104. The molecule has 0 atom stereocenters. The molecule has 4 nitrogen and oxygen atoms in total. The first-order valence-electron chi connectivity index (χ1n) is 11.7. The molecule has 2 aliphatic rings. The van der Waals surface area contributed by atoms with E-state index in [-0.39, 0.29) is 11.8 Å². The van der Waals surface area contributed by atoms with Crippen molar-refractivity contribution >= 4 is 35.1 Å². The molecule has 2 fully saturated rings. The van der Waals surface area contributed by atoms with Crippen molar-refractivity contribution in [3.05, 3.63) is 30.5 Å². The largest absolute Gasteiger partial charge is 0.369 e. The molecule has 0 bridgehead atoms. The topological polar surface area (TPSA) is 45.2 Å². The van der Waals surface area contributed by atoms with E-state index in [1.165, 1.54) is 51.4 Å². The predicted octanol–water partition coefficient (Wildman–Crippen LogP) is 7.03. The Morgan fingerprint density at radius 3 is 2.20 bits per heavy atom. The number of carbonyl (C=O) groups excluding carboxylic acids is 1. The molecule has 1 saturated carbocycles. The average molecular weight is 428 g/mol. The fourth-order valence-corrected chi connectivity index (χ4v) is 5.45. The van der Waals surface area contributed by atoms with Gasteiger partial charge < -0.3 is 10.2 Å². The van der Waals surface area contributed by atoms with Crippen molar-refractivity contribution in [2.75, 3.05) is 23.3 Å². The van der Waals surface area contributed by atoms with Crippen LogP contribution in [0.5, 0.6) is 0 Å². The number of aromatic nitrogens is 1. The zero-order valence-corrected chi connectivity index (χ0v) is 19.2. The van der Waals surface area contributed by atoms with Gasteiger partial charge in [0.25, 0.3) is 0 Å². The van der Waals surface area contributed by atoms with Crippen molar-refractivity contribution in [2.24, 2.45) is 5.92 Å². The molecule has 5 heteroatoms. The Morgan fingerprint density at radius 1 is 1.00 bits per heavy atom. The van der Waals surface area contributed by atoms with Crippen LogP contribution in [0.4, 0.5) is 11.4 Å². The van der Waals surface area contributed by atoms with E-state index >= 15 is 0 Å². The van der Waals surface area contributed by atoms with E-state index in [2.05, 4.69) is 28.4 Å². The van der Waals surface area contributed by atoms with E-state index in [0.717, 1.165) is 60.7 Å². The molecule has 164 valence electrons. The van der Waals surface area contributed by atoms with Gasteiger partial charge in [0.1, 0.15) is 0 Å². The SMILES string of the molecule is C=CSc1c(C=C)ncc(NC(=O)C2CCCCCCCCC2)c1N1CCCCC1. The maximum atomic E-state index is 13.3. The van der Waals surface area contributed by atoms with Crippen molar-refractivity contribution < 1.29 is 4.79 Å². The highest BCUT2D eigenvalue weighted by Crippen LogP contribution is 2.41. The standard InChI is InChI=1S/C25H37N3OS/c1-3-21-24(30-4-2)23(28-17-13-10-14-18-28)22(19-26-21)27-25(29)20-15-11-8-6-5-7-9-12-16-20/h3-4,19-20H,1-2,5-18H2,(H,27,29). The highest BCUT2D eigenvalue weighted by Gasteiger charge is 2.25. The number of pyridine rings is 1. The van der Waals surface area contributed by atoms with Crippen molar-refractivity contribution in [1.82, 2.24) is 4.98 Å². The molecule has 3 rings (SSSR count). The molecule has 1 amide bonds. The Morgan fingerprint density at radius 2 is 1.60 bits per heavy atom. The molecule has 0 unspecified atom stereocenters. The summed E-state index contributed by atoms with van der Waals surface area (Å²) in [6.07, 6.45) is 18.0. The Balaban J connectivity index is 1.85. The van der Waals surface area contributed by atoms with Gasteiger partial charge in [-0.05, 0) is 43.6 Å². The molecule has 2 heterocycles. The van der Waals surface area contributed by atoms with E-state index in [0.29, 0.717) is 0 Å². The molecule has 1 N–H and O–H groups in total. The van der Waals surface area contributed by atoms with E-state index in [1.807, 2.05) is 11.6 Å². The van der Waals surface area contributed by atoms with Crippen LogP contribution < -0.4 is 10.2 Å². The Hall–Kier alpha value is -1.75. The Kier molecular flexibility index (Phi) is 9.31. The maximum absolute atomic E-state index is 13.3. The molecule has 0 spiro atoms. The van der Waals surface area contributed by atoms with Crippen LogP contribution in [0.15, 0.2) is 29.7 Å². The summed E-state index contributed by atoms with van der Waals surface area (Å²) in [6, 6.07) is 0. The number of nitrogens with zero attached hydrogens (tertiary/aromatic N) is 2. The molecule has 0 aromatic carbocycles. The first-order valence-corrected chi connectivity index (χ1v) is 12.6. The van der Waals surface area contributed by atoms with Crippen molar-refractivity contribution in [3.63, 3.8) is 0 Å². The van der Waals surface area contributed by atoms with Gasteiger partial charge in [-0.25, -0.2) is 0 Å². The molecule has 30 heavy (non-hydrogen) atoms. The fraction of sp³-hybridized carbons (Fsp3) is 0.600. The molecule has 0 radical (unpaired) electrons. The second-order valence-electron chi connectivity index (χ2n) is 8.51. The van der Waals surface area contributed by atoms with Gasteiger partial charge in [-0.15, -0.1) is 0 Å². The third-order valence-corrected chi connectivity index (χ3v) is 7.14. The number of carbonyl (C=O) groups is 1. The summed E-state index contributed by atoms with van der Waals surface area (Å²) in [6.45, 7) is 9.88. The second kappa shape index (κ2) is 12.2. The highest BCUT2D eigenvalue weighted by molar-refractivity contribution is 8.02. The molecular formula is C25H37N3OS. The van der Waals surface area contributed by atoms with Crippen molar-refractivity contribution in [3.8, 4) is 0 Å². The molecule has 1 saturated heterocycles. The summed E-state index contributed by atoms with van der Waals surface area (Å²) < 4.78 is 0. The van der Waals surface area contributed by atoms with Gasteiger partial charge in [0.05, 0.1) is 28.2 Å². The van der Waals surface area contributed by atoms with Crippen LogP contribution in [0.1, 0.15) is 82.7 Å². The quantitative estimate of drug-likeness (QED) is 0.495. The van der Waals surface area contributed by atoms with Gasteiger partial charge in [0.15, 0.2) is 0 Å². The molecular weight excluding hydrogens is 390 g/mol. The number of amides is 1. The van der Waals surface area contributed by atoms with E-state index < -0.39 is 0 Å². The third kappa shape index (κ3) is 6.13. The predicted molar refractivity (Wildman–Crippen MR) is 130 cm³/mol. The van der Waals surface area contributed by atoms with Gasteiger partial charge in [-0.2, -0.15) is 0 Å². The van der Waals surface area contributed by atoms with Crippen molar-refractivity contribution in [1.29, 1.82) is 0 Å². The zero-order chi connectivity index (χ0) is 21.2. The van der Waals surface area contributed by atoms with Crippen LogP contribution in [0, 0.1) is 5.92 Å². The number of anilines is 2. The summed E-state index contributed by atoms with van der Waals surface area (Å²) in [5.74, 6) is 0.267. The lowest BCUT2D eigenvalue weighted by molar-refractivity contribution is -0.120. The average Bonchev–Trinajstić information content (AvgIpc) is 2.78. The van der Waals surface area contributed by atoms with Crippen LogP contribution in [0.3, 0.4) is 0 Å². The summed E-state index contributed by atoms with van der Waals surface area (Å²) in [7, 11) is 0. The van der Waals surface area contributed by atoms with Crippen LogP contribution in [-0.4, -0.2) is 24.0 Å². The highest BCUT2D eigenvalue weighted by atomic mass is 32.2. The van der Waals surface area contributed by atoms with Crippen LogP contribution in [0.25, 0.3) is 6.08 Å². The summed E-state index contributed by atoms with van der Waals surface area (Å²) in [5, 5.41) is 5.12. The van der Waals surface area contributed by atoms with E-state index in [4.69, 9.17) is 0 Å². The van der Waals surface area contributed by atoms with Crippen LogP contribution in [0.2, 0.25) is 0 Å². The number of hydrogen-bond donors (Lipinski definition) is 1. The van der Waals surface area contributed by atoms with Crippen LogP contribution in [-0.2, 0) is 4.79 Å². The minimum Gasteiger partial charge on any atom is -0.369 e. The number of piperidine rings is 1. The number of rotatable bonds is 6. The summed E-state index contributed by atoms with van der Waals surface area (Å²) >= 11 is 1.57. The van der Waals surface area contributed by atoms with E-state index in [1.54, 1.807) is 17.8 Å². The number of hydrogen-bond acceptors (Lipinski definition) is 4. The Bertz CT molecular complexity index is 717. The lowest BCUT2D eigenvalue weighted by atomic mass is 9.91. The number of thioether (sulfide) groups is 1. The lowest BCUT2D eigenvalue weighted by Crippen LogP contribution is -2.32. The zero-order valence-electron chi connectivity index (χ0n) is 18.3. The summed E-state index contributed by atoms with van der Waals surface area (Å²) in [4.78, 5) is 21.3. The normalized spacial score (nSPS) is 19.1. The summed E-state index contributed by atoms with van der Waals surface area (Å²) in [5.41, 5.74) is 2.80. The lowest BCUT2D eigenvalue weighted by Gasteiger charge is -2.32. The van der Waals surface area contributed by atoms with E-state index in [9.17, 15) is 4.79 Å². The molecule has 1 aromatic heterocycles. The van der Waals surface area contributed by atoms with Gasteiger partial charge >= 0.3 is 0 Å². The van der Waals surface area contributed by atoms with Gasteiger partial charge in [-0.3, -0.25) is 9.78 Å². The second-order valence-corrected chi connectivity index (χ2v) is 9.49. The minimum atomic E-state index is 0.104. The fourth-order valence-electron chi connectivity index (χ4n) is 4.67. The smallest absolute Gasteiger partial charge is 0.227 e. The monoisotopic (exact) mass is 427 g/mol. The Labute approximate surface area is 186 Å². The number of nitrogens with one attached hydrogen (secondary N) is 1. The van der Waals surface area contributed by atoms with Gasteiger partial charge in [0.2, 0.25) is 5.91 Å². The van der Waals surface area contributed by atoms with Crippen LogP contribution >= 0.6 is 11.8 Å². The first-order chi connectivity index (χ1) is 14.7. The van der Waals surface area contributed by atoms with Crippen molar-refractivity contribution in [2.45, 2.75) is 81.9 Å². The third-order valence-electron chi connectivity index (χ3n) is 6.34. The molecule has 1 aromatic rings. The first kappa shape index (κ1) is 22.9. The maximum Gasteiger partial charge on any atom is 0.227 e. The molecule has 1 aliphatic carbocycles. The molecule has 1 aliphatic heterocycles. The van der Waals surface area contributed by atoms with Gasteiger partial charge in [-0.1, -0.05) is 69.9 Å².